The lowest BCUT2D eigenvalue weighted by molar-refractivity contribution is 0.0761. The van der Waals surface area contributed by atoms with Gasteiger partial charge < -0.3 is 10.6 Å². The summed E-state index contributed by atoms with van der Waals surface area (Å²) in [6.07, 6.45) is 4.73. The van der Waals surface area contributed by atoms with Crippen molar-refractivity contribution in [2.45, 2.75) is 32.6 Å². The standard InChI is InChI=1S/C14H20N2O/c1-11-10-12(6-7-13(11)15)14(17)16-8-4-2-3-5-9-16/h6-7,10H,2-5,8-9,15H2,1H3. The third kappa shape index (κ3) is 2.78. The van der Waals surface area contributed by atoms with Crippen LogP contribution in [0.25, 0.3) is 0 Å². The van der Waals surface area contributed by atoms with Crippen molar-refractivity contribution in [3.63, 3.8) is 0 Å². The van der Waals surface area contributed by atoms with Crippen LogP contribution in [0, 0.1) is 6.92 Å². The largest absolute Gasteiger partial charge is 0.399 e. The summed E-state index contributed by atoms with van der Waals surface area (Å²) in [5.41, 5.74) is 8.26. The normalized spacial score (nSPS) is 16.6. The summed E-state index contributed by atoms with van der Waals surface area (Å²) in [7, 11) is 0. The highest BCUT2D eigenvalue weighted by Gasteiger charge is 2.17. The van der Waals surface area contributed by atoms with Gasteiger partial charge in [0.05, 0.1) is 0 Å². The molecule has 0 aliphatic carbocycles. The van der Waals surface area contributed by atoms with E-state index in [1.165, 1.54) is 12.8 Å². The van der Waals surface area contributed by atoms with Gasteiger partial charge >= 0.3 is 0 Å². The lowest BCUT2D eigenvalue weighted by Crippen LogP contribution is -2.31. The van der Waals surface area contributed by atoms with Gasteiger partial charge in [-0.3, -0.25) is 4.79 Å². The molecular weight excluding hydrogens is 212 g/mol. The van der Waals surface area contributed by atoms with Gasteiger partial charge in [0.1, 0.15) is 0 Å². The number of nitrogens with two attached hydrogens (primary N) is 1. The van der Waals surface area contributed by atoms with E-state index in [9.17, 15) is 4.79 Å². The molecule has 1 aliphatic heterocycles. The highest BCUT2D eigenvalue weighted by Crippen LogP contribution is 2.17. The number of hydrogen-bond donors (Lipinski definition) is 1. The van der Waals surface area contributed by atoms with Gasteiger partial charge in [0.25, 0.3) is 5.91 Å². The SMILES string of the molecule is Cc1cc(C(=O)N2CCCCCC2)ccc1N. The Morgan fingerprint density at radius 1 is 1.18 bits per heavy atom. The van der Waals surface area contributed by atoms with Crippen molar-refractivity contribution in [3.05, 3.63) is 29.3 Å². The summed E-state index contributed by atoms with van der Waals surface area (Å²) in [6, 6.07) is 5.54. The Morgan fingerprint density at radius 3 is 2.41 bits per heavy atom. The quantitative estimate of drug-likeness (QED) is 0.756. The Balaban J connectivity index is 2.14. The van der Waals surface area contributed by atoms with Crippen LogP contribution in [0.2, 0.25) is 0 Å². The van der Waals surface area contributed by atoms with Crippen molar-refractivity contribution in [1.29, 1.82) is 0 Å². The van der Waals surface area contributed by atoms with Crippen LogP contribution in [0.1, 0.15) is 41.6 Å². The van der Waals surface area contributed by atoms with E-state index in [0.717, 1.165) is 42.7 Å². The second-order valence-corrected chi connectivity index (χ2v) is 4.78. The lowest BCUT2D eigenvalue weighted by atomic mass is 10.1. The molecule has 0 aromatic heterocycles. The van der Waals surface area contributed by atoms with E-state index in [4.69, 9.17) is 5.73 Å². The Labute approximate surface area is 103 Å². The van der Waals surface area contributed by atoms with Gasteiger partial charge in [-0.05, 0) is 43.5 Å². The van der Waals surface area contributed by atoms with E-state index >= 15 is 0 Å². The molecule has 1 amide bonds. The van der Waals surface area contributed by atoms with Crippen molar-refractivity contribution in [1.82, 2.24) is 4.90 Å². The van der Waals surface area contributed by atoms with Crippen molar-refractivity contribution in [3.8, 4) is 0 Å². The Morgan fingerprint density at radius 2 is 1.82 bits per heavy atom. The molecule has 0 unspecified atom stereocenters. The topological polar surface area (TPSA) is 46.3 Å². The number of nitrogens with zero attached hydrogens (tertiary/aromatic N) is 1. The number of likely N-dealkylation sites (tertiary alicyclic amines) is 1. The molecule has 1 heterocycles. The number of aryl methyl sites for hydroxylation is 1. The molecule has 1 aliphatic rings. The Hall–Kier alpha value is -1.51. The van der Waals surface area contributed by atoms with Crippen molar-refractivity contribution in [2.75, 3.05) is 18.8 Å². The molecule has 3 heteroatoms. The van der Waals surface area contributed by atoms with E-state index in [-0.39, 0.29) is 5.91 Å². The number of nitrogen functional groups attached to an aromatic ring is 1. The van der Waals surface area contributed by atoms with Crippen LogP contribution in [0.4, 0.5) is 5.69 Å². The Kier molecular flexibility index (Phi) is 3.67. The second kappa shape index (κ2) is 5.21. The van der Waals surface area contributed by atoms with Crippen molar-refractivity contribution >= 4 is 11.6 Å². The molecule has 0 spiro atoms. The zero-order valence-corrected chi connectivity index (χ0v) is 10.4. The minimum atomic E-state index is 0.148. The summed E-state index contributed by atoms with van der Waals surface area (Å²) < 4.78 is 0. The van der Waals surface area contributed by atoms with E-state index in [1.54, 1.807) is 0 Å². The molecule has 0 radical (unpaired) electrons. The fraction of sp³-hybridized carbons (Fsp3) is 0.500. The predicted molar refractivity (Wildman–Crippen MR) is 70.0 cm³/mol. The third-order valence-electron chi connectivity index (χ3n) is 3.41. The summed E-state index contributed by atoms with van der Waals surface area (Å²) in [6.45, 7) is 3.72. The van der Waals surface area contributed by atoms with Crippen LogP contribution in [0.15, 0.2) is 18.2 Å². The molecule has 0 bridgehead atoms. The van der Waals surface area contributed by atoms with Crippen molar-refractivity contribution in [2.24, 2.45) is 0 Å². The number of carbonyl (C=O) groups is 1. The molecule has 2 rings (SSSR count). The Bertz CT molecular complexity index is 407. The molecule has 1 aromatic carbocycles. The molecule has 1 fully saturated rings. The molecule has 2 N–H and O–H groups in total. The van der Waals surface area contributed by atoms with E-state index in [1.807, 2.05) is 30.0 Å². The number of benzene rings is 1. The van der Waals surface area contributed by atoms with Gasteiger partial charge in [0.15, 0.2) is 0 Å². The summed E-state index contributed by atoms with van der Waals surface area (Å²) in [5.74, 6) is 0.148. The van der Waals surface area contributed by atoms with Gasteiger partial charge in [-0.2, -0.15) is 0 Å². The molecule has 3 nitrogen and oxygen atoms in total. The van der Waals surface area contributed by atoms with Gasteiger partial charge in [-0.25, -0.2) is 0 Å². The third-order valence-corrected chi connectivity index (χ3v) is 3.41. The van der Waals surface area contributed by atoms with Gasteiger partial charge in [-0.15, -0.1) is 0 Å². The average molecular weight is 232 g/mol. The number of rotatable bonds is 1. The first-order chi connectivity index (χ1) is 8.18. The maximum absolute atomic E-state index is 12.3. The highest BCUT2D eigenvalue weighted by molar-refractivity contribution is 5.94. The zero-order chi connectivity index (χ0) is 12.3. The minimum absolute atomic E-state index is 0.148. The lowest BCUT2D eigenvalue weighted by Gasteiger charge is -2.20. The summed E-state index contributed by atoms with van der Waals surface area (Å²) in [5, 5.41) is 0. The monoisotopic (exact) mass is 232 g/mol. The van der Waals surface area contributed by atoms with Gasteiger partial charge in [0, 0.05) is 24.3 Å². The average Bonchev–Trinajstić information content (AvgIpc) is 2.60. The first-order valence-corrected chi connectivity index (χ1v) is 6.34. The number of amides is 1. The van der Waals surface area contributed by atoms with Crippen LogP contribution in [0.3, 0.4) is 0 Å². The van der Waals surface area contributed by atoms with E-state index in [2.05, 4.69) is 0 Å². The number of carbonyl (C=O) groups excluding carboxylic acids is 1. The number of anilines is 1. The van der Waals surface area contributed by atoms with E-state index in [0.29, 0.717) is 0 Å². The van der Waals surface area contributed by atoms with Crippen LogP contribution in [0.5, 0.6) is 0 Å². The van der Waals surface area contributed by atoms with E-state index < -0.39 is 0 Å². The second-order valence-electron chi connectivity index (χ2n) is 4.78. The van der Waals surface area contributed by atoms with Gasteiger partial charge in [-0.1, -0.05) is 12.8 Å². The molecule has 0 atom stereocenters. The highest BCUT2D eigenvalue weighted by atomic mass is 16.2. The fourth-order valence-electron chi connectivity index (χ4n) is 2.27. The van der Waals surface area contributed by atoms with Gasteiger partial charge in [0.2, 0.25) is 0 Å². The molecule has 92 valence electrons. The zero-order valence-electron chi connectivity index (χ0n) is 10.4. The molecule has 1 saturated heterocycles. The molecule has 17 heavy (non-hydrogen) atoms. The minimum Gasteiger partial charge on any atom is -0.399 e. The van der Waals surface area contributed by atoms with Crippen molar-refractivity contribution < 1.29 is 4.79 Å². The summed E-state index contributed by atoms with van der Waals surface area (Å²) >= 11 is 0. The van der Waals surface area contributed by atoms with Crippen LogP contribution in [-0.4, -0.2) is 23.9 Å². The van der Waals surface area contributed by atoms with Crippen LogP contribution in [-0.2, 0) is 0 Å². The first kappa shape index (κ1) is 12.0. The summed E-state index contributed by atoms with van der Waals surface area (Å²) in [4.78, 5) is 14.3. The predicted octanol–water partition coefficient (Wildman–Crippen LogP) is 2.59. The molecule has 0 saturated carbocycles. The maximum Gasteiger partial charge on any atom is 0.253 e. The smallest absolute Gasteiger partial charge is 0.253 e. The van der Waals surface area contributed by atoms with Crippen LogP contribution < -0.4 is 5.73 Å². The van der Waals surface area contributed by atoms with Crippen LogP contribution >= 0.6 is 0 Å². The first-order valence-electron chi connectivity index (χ1n) is 6.34. The number of hydrogen-bond acceptors (Lipinski definition) is 2. The maximum atomic E-state index is 12.3. The fourth-order valence-corrected chi connectivity index (χ4v) is 2.27. The molecule has 1 aromatic rings. The molecular formula is C14H20N2O.